The maximum Gasteiger partial charge on any atom is 0.240 e. The molecule has 1 amide bonds. The Hall–Kier alpha value is -1.74. The molecule has 1 aliphatic rings. The summed E-state index contributed by atoms with van der Waals surface area (Å²) < 4.78 is 32.5. The van der Waals surface area contributed by atoms with Crippen molar-refractivity contribution in [3.63, 3.8) is 0 Å². The number of carbonyl (C=O) groups is 1. The first-order valence-electron chi connectivity index (χ1n) is 8.06. The molecule has 1 saturated heterocycles. The number of ether oxygens (including phenoxy) is 1. The third-order valence-electron chi connectivity index (χ3n) is 3.89. The fourth-order valence-electron chi connectivity index (χ4n) is 2.59. The highest BCUT2D eigenvalue weighted by Gasteiger charge is 2.20. The summed E-state index contributed by atoms with van der Waals surface area (Å²) in [6.07, 6.45) is 2.09. The summed E-state index contributed by atoms with van der Waals surface area (Å²) in [5, 5.41) is 4.69. The molecule has 2 heterocycles. The van der Waals surface area contributed by atoms with Crippen molar-refractivity contribution in [3.05, 3.63) is 46.7 Å². The lowest BCUT2D eigenvalue weighted by Crippen LogP contribution is -2.31. The van der Waals surface area contributed by atoms with Gasteiger partial charge in [0, 0.05) is 23.7 Å². The van der Waals surface area contributed by atoms with Gasteiger partial charge in [-0.1, -0.05) is 6.07 Å². The van der Waals surface area contributed by atoms with Crippen LogP contribution >= 0.6 is 11.3 Å². The molecule has 1 aliphatic heterocycles. The molecule has 1 aromatic carbocycles. The molecule has 0 radical (unpaired) electrons. The Kier molecular flexibility index (Phi) is 5.85. The second kappa shape index (κ2) is 8.09. The quantitative estimate of drug-likeness (QED) is 0.772. The van der Waals surface area contributed by atoms with E-state index >= 15 is 0 Å². The van der Waals surface area contributed by atoms with Crippen LogP contribution in [0, 0.1) is 0 Å². The van der Waals surface area contributed by atoms with Gasteiger partial charge in [0.1, 0.15) is 0 Å². The molecule has 6 nitrogen and oxygen atoms in total. The Balaban J connectivity index is 1.56. The van der Waals surface area contributed by atoms with E-state index in [9.17, 15) is 13.2 Å². The highest BCUT2D eigenvalue weighted by Crippen LogP contribution is 2.16. The average Bonchev–Trinajstić information content (AvgIpc) is 3.27. The minimum atomic E-state index is -3.58. The number of rotatable bonds is 7. The van der Waals surface area contributed by atoms with E-state index < -0.39 is 10.0 Å². The zero-order valence-electron chi connectivity index (χ0n) is 13.6. The van der Waals surface area contributed by atoms with Crippen LogP contribution in [-0.2, 0) is 26.0 Å². The Morgan fingerprint density at radius 3 is 2.68 bits per heavy atom. The molecule has 1 atom stereocenters. The van der Waals surface area contributed by atoms with Gasteiger partial charge in [-0.3, -0.25) is 4.79 Å². The highest BCUT2D eigenvalue weighted by atomic mass is 32.2. The molecular weight excluding hydrogens is 360 g/mol. The van der Waals surface area contributed by atoms with Crippen LogP contribution in [0.2, 0.25) is 0 Å². The van der Waals surface area contributed by atoms with Crippen LogP contribution in [0.1, 0.15) is 17.7 Å². The average molecular weight is 380 g/mol. The fraction of sp³-hybridized carbons (Fsp3) is 0.353. The van der Waals surface area contributed by atoms with E-state index in [-0.39, 0.29) is 23.5 Å². The summed E-state index contributed by atoms with van der Waals surface area (Å²) in [7, 11) is -3.58. The number of hydrogen-bond acceptors (Lipinski definition) is 5. The Morgan fingerprint density at radius 2 is 2.04 bits per heavy atom. The van der Waals surface area contributed by atoms with Crippen molar-refractivity contribution in [2.24, 2.45) is 0 Å². The van der Waals surface area contributed by atoms with E-state index in [2.05, 4.69) is 10.0 Å². The van der Waals surface area contributed by atoms with Gasteiger partial charge in [0.2, 0.25) is 15.9 Å². The molecule has 25 heavy (non-hydrogen) atoms. The molecule has 1 fully saturated rings. The Morgan fingerprint density at radius 1 is 1.24 bits per heavy atom. The van der Waals surface area contributed by atoms with Crippen molar-refractivity contribution in [2.75, 3.05) is 18.5 Å². The first kappa shape index (κ1) is 18.1. The van der Waals surface area contributed by atoms with Crippen LogP contribution in [-0.4, -0.2) is 33.6 Å². The summed E-state index contributed by atoms with van der Waals surface area (Å²) in [5.41, 5.74) is 0.569. The van der Waals surface area contributed by atoms with Crippen LogP contribution in [0.3, 0.4) is 0 Å². The van der Waals surface area contributed by atoms with Crippen molar-refractivity contribution in [1.29, 1.82) is 0 Å². The smallest absolute Gasteiger partial charge is 0.240 e. The fourth-order valence-corrected chi connectivity index (χ4v) is 4.36. The number of nitrogens with one attached hydrogen (secondary N) is 2. The molecule has 2 N–H and O–H groups in total. The van der Waals surface area contributed by atoms with E-state index in [1.807, 2.05) is 17.5 Å². The predicted octanol–water partition coefficient (Wildman–Crippen LogP) is 2.39. The second-order valence-corrected chi connectivity index (χ2v) is 8.61. The third-order valence-corrected chi connectivity index (χ3v) is 6.20. The van der Waals surface area contributed by atoms with E-state index in [1.54, 1.807) is 12.1 Å². The molecule has 0 unspecified atom stereocenters. The van der Waals surface area contributed by atoms with Crippen molar-refractivity contribution in [3.8, 4) is 0 Å². The summed E-state index contributed by atoms with van der Waals surface area (Å²) in [6.45, 7) is 0.966. The first-order chi connectivity index (χ1) is 12.0. The van der Waals surface area contributed by atoms with Gasteiger partial charge in [-0.15, -0.1) is 11.3 Å². The van der Waals surface area contributed by atoms with E-state index in [0.29, 0.717) is 18.7 Å². The zero-order chi connectivity index (χ0) is 17.7. The van der Waals surface area contributed by atoms with Crippen LogP contribution in [0.5, 0.6) is 0 Å². The van der Waals surface area contributed by atoms with Crippen molar-refractivity contribution >= 4 is 33.0 Å². The van der Waals surface area contributed by atoms with Gasteiger partial charge >= 0.3 is 0 Å². The van der Waals surface area contributed by atoms with E-state index in [1.165, 1.54) is 23.5 Å². The van der Waals surface area contributed by atoms with Crippen molar-refractivity contribution in [2.45, 2.75) is 30.3 Å². The number of sulfonamides is 1. The number of anilines is 1. The number of hydrogen-bond donors (Lipinski definition) is 2. The number of thiophene rings is 1. The van der Waals surface area contributed by atoms with Gasteiger partial charge in [0.25, 0.3) is 0 Å². The molecular formula is C17H20N2O4S2. The monoisotopic (exact) mass is 380 g/mol. The van der Waals surface area contributed by atoms with Gasteiger partial charge in [0.15, 0.2) is 0 Å². The lowest BCUT2D eigenvalue weighted by molar-refractivity contribution is -0.115. The maximum atomic E-state index is 12.3. The topological polar surface area (TPSA) is 84.5 Å². The second-order valence-electron chi connectivity index (χ2n) is 5.82. The van der Waals surface area contributed by atoms with Crippen LogP contribution in [0.4, 0.5) is 5.69 Å². The van der Waals surface area contributed by atoms with Gasteiger partial charge < -0.3 is 10.1 Å². The molecule has 0 saturated carbocycles. The van der Waals surface area contributed by atoms with Crippen molar-refractivity contribution in [1.82, 2.24) is 4.72 Å². The van der Waals surface area contributed by atoms with Gasteiger partial charge in [-0.25, -0.2) is 13.1 Å². The minimum absolute atomic E-state index is 0.0504. The lowest BCUT2D eigenvalue weighted by Gasteiger charge is -2.12. The zero-order valence-corrected chi connectivity index (χ0v) is 15.2. The predicted molar refractivity (Wildman–Crippen MR) is 97.3 cm³/mol. The van der Waals surface area contributed by atoms with E-state index in [0.717, 1.165) is 17.7 Å². The molecule has 2 aromatic rings. The van der Waals surface area contributed by atoms with Crippen LogP contribution < -0.4 is 10.0 Å². The summed E-state index contributed by atoms with van der Waals surface area (Å²) in [5.74, 6) is -0.130. The third kappa shape index (κ3) is 5.12. The maximum absolute atomic E-state index is 12.3. The van der Waals surface area contributed by atoms with Crippen LogP contribution in [0.25, 0.3) is 0 Å². The van der Waals surface area contributed by atoms with Gasteiger partial charge in [-0.05, 0) is 48.6 Å². The summed E-state index contributed by atoms with van der Waals surface area (Å²) in [6, 6.07) is 9.95. The molecule has 0 spiro atoms. The Bertz CT molecular complexity index is 796. The van der Waals surface area contributed by atoms with Gasteiger partial charge in [0.05, 0.1) is 17.4 Å². The molecule has 0 bridgehead atoms. The Labute approximate surface area is 151 Å². The minimum Gasteiger partial charge on any atom is -0.377 e. The standard InChI is InChI=1S/C17H20N2O4S2/c20-17(11-15-4-2-10-24-15)19-13-5-7-16(8-6-13)25(21,22)18-12-14-3-1-9-23-14/h2,4-8,10,14,18H,1,3,9,11-12H2,(H,19,20)/t14-/m0/s1. The molecule has 1 aromatic heterocycles. The lowest BCUT2D eigenvalue weighted by atomic mass is 10.2. The van der Waals surface area contributed by atoms with E-state index in [4.69, 9.17) is 4.74 Å². The SMILES string of the molecule is O=C(Cc1cccs1)Nc1ccc(S(=O)(=O)NC[C@@H]2CCCO2)cc1. The normalized spacial score (nSPS) is 17.5. The molecule has 3 rings (SSSR count). The number of amides is 1. The largest absolute Gasteiger partial charge is 0.377 e. The first-order valence-corrected chi connectivity index (χ1v) is 10.4. The molecule has 8 heteroatoms. The number of carbonyl (C=O) groups excluding carboxylic acids is 1. The number of benzene rings is 1. The highest BCUT2D eigenvalue weighted by molar-refractivity contribution is 7.89. The molecule has 0 aliphatic carbocycles. The van der Waals surface area contributed by atoms with Gasteiger partial charge in [-0.2, -0.15) is 0 Å². The van der Waals surface area contributed by atoms with Crippen molar-refractivity contribution < 1.29 is 17.9 Å². The summed E-state index contributed by atoms with van der Waals surface area (Å²) in [4.78, 5) is 13.1. The summed E-state index contributed by atoms with van der Waals surface area (Å²) >= 11 is 1.52. The van der Waals surface area contributed by atoms with Crippen LogP contribution in [0.15, 0.2) is 46.7 Å². The molecule has 134 valence electrons.